The summed E-state index contributed by atoms with van der Waals surface area (Å²) >= 11 is 22.7. The monoisotopic (exact) mass is 364 g/mol. The molecule has 0 saturated heterocycles. The highest BCUT2D eigenvalue weighted by Crippen LogP contribution is 2.51. The maximum absolute atomic E-state index is 9.80. The summed E-state index contributed by atoms with van der Waals surface area (Å²) in [6.07, 6.45) is 0. The standard InChI is InChI=1S/C10H12Cl3O4PS/c1-3-16-8-6(12)5(11)7(13)9(17-4-2)10(8)18(14,15)19/h3-4H2,1-2H3,(H2,14,15,19). The van der Waals surface area contributed by atoms with Crippen molar-refractivity contribution >= 4 is 58.4 Å². The summed E-state index contributed by atoms with van der Waals surface area (Å²) in [7, 11) is 0. The second kappa shape index (κ2) is 6.81. The smallest absolute Gasteiger partial charge is 0.221 e. The van der Waals surface area contributed by atoms with Crippen molar-refractivity contribution in [2.45, 2.75) is 13.8 Å². The molecule has 0 fully saturated rings. The van der Waals surface area contributed by atoms with E-state index in [1.54, 1.807) is 13.8 Å². The van der Waals surface area contributed by atoms with E-state index >= 15 is 0 Å². The molecule has 108 valence electrons. The number of hydrogen-bond acceptors (Lipinski definition) is 3. The summed E-state index contributed by atoms with van der Waals surface area (Å²) in [6, 6.07) is 0. The average molecular weight is 366 g/mol. The van der Waals surface area contributed by atoms with Crippen LogP contribution in [-0.4, -0.2) is 23.0 Å². The molecule has 0 atom stereocenters. The van der Waals surface area contributed by atoms with Crippen LogP contribution in [0.25, 0.3) is 0 Å². The molecule has 0 aliphatic carbocycles. The summed E-state index contributed by atoms with van der Waals surface area (Å²) in [5, 5.41) is -0.151. The van der Waals surface area contributed by atoms with Crippen molar-refractivity contribution in [2.75, 3.05) is 13.2 Å². The average Bonchev–Trinajstić information content (AvgIpc) is 2.31. The van der Waals surface area contributed by atoms with Crippen LogP contribution in [0.4, 0.5) is 0 Å². The zero-order valence-corrected chi connectivity index (χ0v) is 14.1. The third-order valence-corrected chi connectivity index (χ3v) is 4.91. The number of rotatable bonds is 5. The molecule has 19 heavy (non-hydrogen) atoms. The molecular weight excluding hydrogens is 354 g/mol. The van der Waals surface area contributed by atoms with E-state index in [1.165, 1.54) is 0 Å². The van der Waals surface area contributed by atoms with Crippen LogP contribution in [-0.2, 0) is 11.8 Å². The zero-order valence-electron chi connectivity index (χ0n) is 10.1. The van der Waals surface area contributed by atoms with Crippen molar-refractivity contribution in [3.8, 4) is 11.5 Å². The molecule has 4 nitrogen and oxygen atoms in total. The van der Waals surface area contributed by atoms with E-state index in [0.717, 1.165) is 0 Å². The van der Waals surface area contributed by atoms with E-state index in [0.29, 0.717) is 0 Å². The Morgan fingerprint density at radius 3 is 1.58 bits per heavy atom. The van der Waals surface area contributed by atoms with Gasteiger partial charge in [-0.3, -0.25) is 0 Å². The highest BCUT2D eigenvalue weighted by molar-refractivity contribution is 8.12. The van der Waals surface area contributed by atoms with Crippen LogP contribution in [0.15, 0.2) is 0 Å². The third-order valence-electron chi connectivity index (χ3n) is 2.08. The van der Waals surface area contributed by atoms with Gasteiger partial charge >= 0.3 is 0 Å². The maximum Gasteiger partial charge on any atom is 0.221 e. The normalized spacial score (nSPS) is 11.5. The summed E-state index contributed by atoms with van der Waals surface area (Å²) in [6.45, 7) is 0.0317. The van der Waals surface area contributed by atoms with Crippen LogP contribution in [0.5, 0.6) is 11.5 Å². The molecule has 1 aromatic carbocycles. The summed E-state index contributed by atoms with van der Waals surface area (Å²) in [4.78, 5) is 19.6. The lowest BCUT2D eigenvalue weighted by molar-refractivity contribution is 0.327. The molecule has 0 unspecified atom stereocenters. The van der Waals surface area contributed by atoms with Crippen molar-refractivity contribution in [3.05, 3.63) is 15.1 Å². The van der Waals surface area contributed by atoms with Gasteiger partial charge in [0, 0.05) is 0 Å². The third kappa shape index (κ3) is 3.67. The summed E-state index contributed by atoms with van der Waals surface area (Å²) < 4.78 is 10.6. The molecule has 0 aliphatic rings. The molecule has 0 aromatic heterocycles. The Morgan fingerprint density at radius 2 is 1.32 bits per heavy atom. The van der Waals surface area contributed by atoms with Crippen LogP contribution >= 0.6 is 41.3 Å². The van der Waals surface area contributed by atoms with Gasteiger partial charge in [0.15, 0.2) is 11.5 Å². The molecule has 0 heterocycles. The number of hydrogen-bond donors (Lipinski definition) is 2. The maximum atomic E-state index is 9.80. The second-order valence-electron chi connectivity index (χ2n) is 3.36. The van der Waals surface area contributed by atoms with E-state index in [1.807, 2.05) is 0 Å². The Morgan fingerprint density at radius 1 is 0.947 bits per heavy atom. The van der Waals surface area contributed by atoms with Gasteiger partial charge in [0.2, 0.25) is 6.49 Å². The molecule has 0 radical (unpaired) electrons. The first kappa shape index (κ1) is 17.3. The Kier molecular flexibility index (Phi) is 6.21. The lowest BCUT2D eigenvalue weighted by atomic mass is 10.3. The van der Waals surface area contributed by atoms with Gasteiger partial charge in [0.1, 0.15) is 15.3 Å². The van der Waals surface area contributed by atoms with Crippen molar-refractivity contribution in [1.82, 2.24) is 0 Å². The van der Waals surface area contributed by atoms with Crippen molar-refractivity contribution in [2.24, 2.45) is 0 Å². The first-order valence-corrected chi connectivity index (χ1v) is 9.11. The Labute approximate surface area is 131 Å². The van der Waals surface area contributed by atoms with E-state index in [-0.39, 0.29) is 45.1 Å². The minimum absolute atomic E-state index is 0.00431. The van der Waals surface area contributed by atoms with Gasteiger partial charge < -0.3 is 19.3 Å². The van der Waals surface area contributed by atoms with Crippen LogP contribution in [0, 0.1) is 0 Å². The fourth-order valence-electron chi connectivity index (χ4n) is 1.42. The van der Waals surface area contributed by atoms with Crippen LogP contribution in [0.3, 0.4) is 0 Å². The molecule has 1 rings (SSSR count). The van der Waals surface area contributed by atoms with Gasteiger partial charge in [0.25, 0.3) is 0 Å². The molecule has 0 bridgehead atoms. The minimum Gasteiger partial charge on any atom is -0.491 e. The Balaban J connectivity index is 3.74. The van der Waals surface area contributed by atoms with Crippen molar-refractivity contribution in [3.63, 3.8) is 0 Å². The van der Waals surface area contributed by atoms with Crippen LogP contribution in [0.2, 0.25) is 15.1 Å². The summed E-state index contributed by atoms with van der Waals surface area (Å²) in [5.41, 5.74) is 0. The van der Waals surface area contributed by atoms with Gasteiger partial charge in [-0.25, -0.2) is 0 Å². The van der Waals surface area contributed by atoms with Gasteiger partial charge in [-0.2, -0.15) is 0 Å². The van der Waals surface area contributed by atoms with E-state index in [9.17, 15) is 9.79 Å². The van der Waals surface area contributed by atoms with Crippen LogP contribution < -0.4 is 14.8 Å². The fourth-order valence-corrected chi connectivity index (χ4v) is 3.64. The highest BCUT2D eigenvalue weighted by atomic mass is 35.5. The van der Waals surface area contributed by atoms with Gasteiger partial charge in [-0.1, -0.05) is 34.8 Å². The van der Waals surface area contributed by atoms with E-state index < -0.39 is 6.49 Å². The molecule has 0 spiro atoms. The van der Waals surface area contributed by atoms with E-state index in [4.69, 9.17) is 56.1 Å². The fraction of sp³-hybridized carbons (Fsp3) is 0.400. The minimum atomic E-state index is -3.87. The van der Waals surface area contributed by atoms with Crippen LogP contribution in [0.1, 0.15) is 13.8 Å². The quantitative estimate of drug-likeness (QED) is 0.619. The summed E-state index contributed by atoms with van der Waals surface area (Å²) in [5.74, 6) is -0.00861. The first-order valence-electron chi connectivity index (χ1n) is 5.27. The highest BCUT2D eigenvalue weighted by Gasteiger charge is 2.31. The lowest BCUT2D eigenvalue weighted by Gasteiger charge is -2.21. The van der Waals surface area contributed by atoms with Gasteiger partial charge in [-0.05, 0) is 25.7 Å². The molecule has 0 amide bonds. The number of halogens is 3. The topological polar surface area (TPSA) is 58.9 Å². The zero-order chi connectivity index (χ0) is 14.8. The second-order valence-corrected chi connectivity index (χ2v) is 7.56. The van der Waals surface area contributed by atoms with E-state index in [2.05, 4.69) is 0 Å². The van der Waals surface area contributed by atoms with Crippen molar-refractivity contribution < 1.29 is 19.3 Å². The van der Waals surface area contributed by atoms with Crippen molar-refractivity contribution in [1.29, 1.82) is 0 Å². The Hall–Kier alpha value is 0.260. The largest absolute Gasteiger partial charge is 0.491 e. The molecule has 9 heteroatoms. The number of benzene rings is 1. The van der Waals surface area contributed by atoms with Gasteiger partial charge in [0.05, 0.1) is 18.2 Å². The predicted molar refractivity (Wildman–Crippen MR) is 82.2 cm³/mol. The molecule has 1 aromatic rings. The number of ether oxygens (including phenoxy) is 2. The van der Waals surface area contributed by atoms with Gasteiger partial charge in [-0.15, -0.1) is 0 Å². The molecule has 2 N–H and O–H groups in total. The lowest BCUT2D eigenvalue weighted by Crippen LogP contribution is -2.15. The molecule has 0 saturated carbocycles. The molecule has 0 aliphatic heterocycles. The predicted octanol–water partition coefficient (Wildman–Crippen LogP) is 3.36. The Bertz CT molecular complexity index is 499. The SMILES string of the molecule is CCOc1c(Cl)c(Cl)c(Cl)c(OCC)c1P(O)(O)=S. The first-order chi connectivity index (χ1) is 8.75. The molecular formula is C10H12Cl3O4PS.